The van der Waals surface area contributed by atoms with Crippen LogP contribution in [-0.4, -0.2) is 45.8 Å². The number of hydrogen-bond acceptors (Lipinski definition) is 6. The van der Waals surface area contributed by atoms with E-state index >= 15 is 0 Å². The molecule has 6 nitrogen and oxygen atoms in total. The molecule has 164 valence electrons. The van der Waals surface area contributed by atoms with Crippen LogP contribution in [0.5, 0.6) is 0 Å². The largest absolute Gasteiger partial charge is 0.344 e. The molecule has 0 unspecified atom stereocenters. The molecule has 0 atom stereocenters. The lowest BCUT2D eigenvalue weighted by Crippen LogP contribution is -2.45. The van der Waals surface area contributed by atoms with Crippen LogP contribution in [0, 0.1) is 0 Å². The summed E-state index contributed by atoms with van der Waals surface area (Å²) in [6.07, 6.45) is 2.07. The highest BCUT2D eigenvalue weighted by Gasteiger charge is 2.21. The molecule has 0 spiro atoms. The van der Waals surface area contributed by atoms with Gasteiger partial charge in [0.15, 0.2) is 0 Å². The van der Waals surface area contributed by atoms with Crippen molar-refractivity contribution >= 4 is 16.5 Å². The van der Waals surface area contributed by atoms with Crippen LogP contribution in [0.4, 0.5) is 5.13 Å². The Morgan fingerprint density at radius 3 is 2.16 bits per heavy atom. The first-order valence-corrected chi connectivity index (χ1v) is 11.9. The maximum Gasteiger partial charge on any atom is 0.218 e. The Hall–Kier alpha value is -3.00. The zero-order chi connectivity index (χ0) is 21.6. The van der Waals surface area contributed by atoms with Crippen LogP contribution >= 0.6 is 11.3 Å². The minimum atomic E-state index is 0.787. The molecular weight excluding hydrogens is 416 g/mol. The number of piperazine rings is 1. The van der Waals surface area contributed by atoms with Gasteiger partial charge >= 0.3 is 0 Å². The van der Waals surface area contributed by atoms with Crippen molar-refractivity contribution in [2.45, 2.75) is 19.6 Å². The van der Waals surface area contributed by atoms with E-state index in [1.54, 1.807) is 11.3 Å². The summed E-state index contributed by atoms with van der Waals surface area (Å²) in [5, 5.41) is 14.5. The second kappa shape index (κ2) is 10.1. The average Bonchev–Trinajstić information content (AvgIpc) is 3.51. The van der Waals surface area contributed by atoms with Gasteiger partial charge in [-0.15, -0.1) is 10.2 Å². The van der Waals surface area contributed by atoms with E-state index in [2.05, 4.69) is 103 Å². The molecule has 1 saturated heterocycles. The van der Waals surface area contributed by atoms with Gasteiger partial charge in [0.05, 0.1) is 0 Å². The van der Waals surface area contributed by atoms with Crippen molar-refractivity contribution in [2.75, 3.05) is 31.1 Å². The maximum absolute atomic E-state index is 4.51. The molecule has 0 amide bonds. The minimum Gasteiger partial charge on any atom is -0.344 e. The fraction of sp³-hybridized carbons (Fsp3) is 0.280. The number of nitrogens with zero attached hydrogens (tertiary/aromatic N) is 5. The van der Waals surface area contributed by atoms with Crippen molar-refractivity contribution in [1.29, 1.82) is 0 Å². The number of aromatic nitrogens is 3. The number of benzene rings is 2. The third-order valence-corrected chi connectivity index (χ3v) is 6.80. The Morgan fingerprint density at radius 1 is 0.719 bits per heavy atom. The molecule has 5 rings (SSSR count). The topological polar surface area (TPSA) is 49.2 Å². The standard InChI is InChI=1S/C25H28N6S/c1-3-8-21(9-4-1)18-26-19-23-12-7-13-31(23)25-28-27-24(32-25)30-16-14-29(15-17-30)20-22-10-5-2-6-11-22/h1-13,26H,14-20H2. The third-order valence-electron chi connectivity index (χ3n) is 5.81. The first kappa shape index (κ1) is 20.9. The highest BCUT2D eigenvalue weighted by Crippen LogP contribution is 2.25. The van der Waals surface area contributed by atoms with E-state index in [1.807, 2.05) is 6.07 Å². The van der Waals surface area contributed by atoms with E-state index in [9.17, 15) is 0 Å². The Labute approximate surface area is 193 Å². The molecule has 0 aliphatic carbocycles. The van der Waals surface area contributed by atoms with E-state index in [4.69, 9.17) is 0 Å². The van der Waals surface area contributed by atoms with Crippen molar-refractivity contribution < 1.29 is 0 Å². The molecule has 1 aliphatic rings. The summed E-state index contributed by atoms with van der Waals surface area (Å²) in [5.74, 6) is 0. The van der Waals surface area contributed by atoms with Gasteiger partial charge in [-0.2, -0.15) is 0 Å². The second-order valence-corrected chi connectivity index (χ2v) is 9.01. The lowest BCUT2D eigenvalue weighted by atomic mass is 10.2. The number of anilines is 1. The van der Waals surface area contributed by atoms with Gasteiger partial charge in [-0.05, 0) is 23.3 Å². The van der Waals surface area contributed by atoms with Crippen molar-refractivity contribution in [3.05, 3.63) is 95.8 Å². The zero-order valence-electron chi connectivity index (χ0n) is 18.1. The fourth-order valence-electron chi connectivity index (χ4n) is 4.05. The summed E-state index contributed by atoms with van der Waals surface area (Å²) in [4.78, 5) is 4.87. The smallest absolute Gasteiger partial charge is 0.218 e. The molecule has 0 radical (unpaired) electrons. The van der Waals surface area contributed by atoms with Gasteiger partial charge in [0.25, 0.3) is 0 Å². The maximum atomic E-state index is 4.51. The molecule has 1 fully saturated rings. The number of rotatable bonds is 8. The molecule has 7 heteroatoms. The molecule has 32 heavy (non-hydrogen) atoms. The predicted molar refractivity (Wildman–Crippen MR) is 130 cm³/mol. The predicted octanol–water partition coefficient (Wildman–Crippen LogP) is 3.94. The monoisotopic (exact) mass is 444 g/mol. The van der Waals surface area contributed by atoms with E-state index in [0.717, 1.165) is 56.1 Å². The minimum absolute atomic E-state index is 0.787. The zero-order valence-corrected chi connectivity index (χ0v) is 18.9. The van der Waals surface area contributed by atoms with Crippen molar-refractivity contribution in [3.8, 4) is 5.13 Å². The molecular formula is C25H28N6S. The van der Waals surface area contributed by atoms with Crippen molar-refractivity contribution in [2.24, 2.45) is 0 Å². The van der Waals surface area contributed by atoms with E-state index in [-0.39, 0.29) is 0 Å². The summed E-state index contributed by atoms with van der Waals surface area (Å²) in [6.45, 7) is 6.70. The van der Waals surface area contributed by atoms with E-state index < -0.39 is 0 Å². The second-order valence-electron chi connectivity index (χ2n) is 8.07. The number of nitrogens with one attached hydrogen (secondary N) is 1. The lowest BCUT2D eigenvalue weighted by Gasteiger charge is -2.34. The van der Waals surface area contributed by atoms with Gasteiger partial charge in [-0.1, -0.05) is 72.0 Å². The van der Waals surface area contributed by atoms with Crippen molar-refractivity contribution in [1.82, 2.24) is 25.0 Å². The van der Waals surface area contributed by atoms with Crippen LogP contribution in [-0.2, 0) is 19.6 Å². The molecule has 0 saturated carbocycles. The molecule has 1 aliphatic heterocycles. The first-order valence-electron chi connectivity index (χ1n) is 11.1. The van der Waals surface area contributed by atoms with Gasteiger partial charge in [-0.25, -0.2) is 0 Å². The molecule has 2 aromatic carbocycles. The Bertz CT molecular complexity index is 1100. The molecule has 3 heterocycles. The Balaban J connectivity index is 1.16. The van der Waals surface area contributed by atoms with E-state index in [1.165, 1.54) is 16.8 Å². The van der Waals surface area contributed by atoms with Crippen LogP contribution in [0.3, 0.4) is 0 Å². The quantitative estimate of drug-likeness (QED) is 0.446. The van der Waals surface area contributed by atoms with Gasteiger partial charge in [-0.3, -0.25) is 9.47 Å². The molecule has 4 aromatic rings. The SMILES string of the molecule is c1ccc(CNCc2cccn2-c2nnc(N3CCN(Cc4ccccc4)CC3)s2)cc1. The average molecular weight is 445 g/mol. The summed E-state index contributed by atoms with van der Waals surface area (Å²) in [5.41, 5.74) is 3.85. The van der Waals surface area contributed by atoms with Gasteiger partial charge in [0.2, 0.25) is 10.3 Å². The summed E-state index contributed by atoms with van der Waals surface area (Å²) < 4.78 is 2.14. The Morgan fingerprint density at radius 2 is 1.41 bits per heavy atom. The summed E-state index contributed by atoms with van der Waals surface area (Å²) >= 11 is 1.67. The summed E-state index contributed by atoms with van der Waals surface area (Å²) in [7, 11) is 0. The van der Waals surface area contributed by atoms with Crippen LogP contribution in [0.25, 0.3) is 5.13 Å². The number of hydrogen-bond donors (Lipinski definition) is 1. The molecule has 0 bridgehead atoms. The molecule has 1 N–H and O–H groups in total. The highest BCUT2D eigenvalue weighted by atomic mass is 32.1. The fourth-order valence-corrected chi connectivity index (χ4v) is 4.96. The van der Waals surface area contributed by atoms with Gasteiger partial charge in [0, 0.05) is 57.7 Å². The van der Waals surface area contributed by atoms with Crippen LogP contribution in [0.1, 0.15) is 16.8 Å². The van der Waals surface area contributed by atoms with Crippen molar-refractivity contribution in [3.63, 3.8) is 0 Å². The van der Waals surface area contributed by atoms with Crippen LogP contribution in [0.2, 0.25) is 0 Å². The van der Waals surface area contributed by atoms with Gasteiger partial charge in [0.1, 0.15) is 0 Å². The first-order chi connectivity index (χ1) is 15.8. The van der Waals surface area contributed by atoms with Crippen LogP contribution in [0.15, 0.2) is 79.0 Å². The summed E-state index contributed by atoms with van der Waals surface area (Å²) in [6, 6.07) is 25.4. The Kier molecular flexibility index (Phi) is 6.58. The highest BCUT2D eigenvalue weighted by molar-refractivity contribution is 7.17. The van der Waals surface area contributed by atoms with E-state index in [0.29, 0.717) is 0 Å². The normalized spacial score (nSPS) is 14.7. The van der Waals surface area contributed by atoms with Gasteiger partial charge < -0.3 is 10.2 Å². The lowest BCUT2D eigenvalue weighted by molar-refractivity contribution is 0.249. The van der Waals surface area contributed by atoms with Crippen LogP contribution < -0.4 is 10.2 Å². The molecule has 2 aromatic heterocycles. The third kappa shape index (κ3) is 5.07.